The van der Waals surface area contributed by atoms with E-state index in [0.717, 1.165) is 25.7 Å². The minimum atomic E-state index is 0.0671. The van der Waals surface area contributed by atoms with Gasteiger partial charge in [-0.15, -0.1) is 0 Å². The van der Waals surface area contributed by atoms with Crippen LogP contribution in [0.15, 0.2) is 18.3 Å². The molecule has 0 bridgehead atoms. The van der Waals surface area contributed by atoms with Crippen LogP contribution in [0.1, 0.15) is 45.1 Å². The molecule has 0 unspecified atom stereocenters. The van der Waals surface area contributed by atoms with E-state index >= 15 is 0 Å². The van der Waals surface area contributed by atoms with Crippen LogP contribution in [-0.2, 0) is 4.79 Å². The van der Waals surface area contributed by atoms with Gasteiger partial charge in [0, 0.05) is 19.2 Å². The number of nitrogens with zero attached hydrogens (tertiary/aromatic N) is 3. The molecule has 102 valence electrons. The molecule has 19 heavy (non-hydrogen) atoms. The topological polar surface area (TPSA) is 57.0 Å². The highest BCUT2D eigenvalue weighted by molar-refractivity contribution is 5.93. The first-order valence-electron chi connectivity index (χ1n) is 6.77. The van der Waals surface area contributed by atoms with Crippen LogP contribution in [0.25, 0.3) is 0 Å². The third-order valence-corrected chi connectivity index (χ3v) is 3.17. The largest absolute Gasteiger partial charge is 0.300 e. The molecule has 0 saturated heterocycles. The van der Waals surface area contributed by atoms with Gasteiger partial charge in [-0.25, -0.2) is 4.98 Å². The molecule has 4 nitrogen and oxygen atoms in total. The highest BCUT2D eigenvalue weighted by Crippen LogP contribution is 2.19. The Morgan fingerprint density at radius 2 is 2.00 bits per heavy atom. The number of hydrogen-bond acceptors (Lipinski definition) is 3. The molecule has 1 heterocycles. The highest BCUT2D eigenvalue weighted by atomic mass is 16.2. The van der Waals surface area contributed by atoms with Crippen molar-refractivity contribution in [3.8, 4) is 6.07 Å². The molecule has 1 aromatic heterocycles. The molecule has 1 rings (SSSR count). The lowest BCUT2D eigenvalue weighted by Crippen LogP contribution is -2.33. The second-order valence-corrected chi connectivity index (χ2v) is 4.69. The van der Waals surface area contributed by atoms with Gasteiger partial charge in [-0.3, -0.25) is 9.69 Å². The zero-order valence-electron chi connectivity index (χ0n) is 11.9. The lowest BCUT2D eigenvalue weighted by atomic mass is 9.97. The summed E-state index contributed by atoms with van der Waals surface area (Å²) >= 11 is 0. The second-order valence-electron chi connectivity index (χ2n) is 4.69. The minimum absolute atomic E-state index is 0.0671. The van der Waals surface area contributed by atoms with E-state index in [4.69, 9.17) is 5.26 Å². The van der Waals surface area contributed by atoms with Crippen molar-refractivity contribution in [2.24, 2.45) is 5.92 Å². The first kappa shape index (κ1) is 15.2. The predicted molar refractivity (Wildman–Crippen MR) is 75.7 cm³/mol. The Kier molecular flexibility index (Phi) is 6.01. The van der Waals surface area contributed by atoms with Gasteiger partial charge in [-0.1, -0.05) is 26.7 Å². The molecule has 0 aliphatic heterocycles. The van der Waals surface area contributed by atoms with Gasteiger partial charge in [0.05, 0.1) is 5.56 Å². The van der Waals surface area contributed by atoms with Crippen LogP contribution in [0.2, 0.25) is 0 Å². The predicted octanol–water partition coefficient (Wildman–Crippen LogP) is 3.13. The molecule has 1 aromatic rings. The van der Waals surface area contributed by atoms with E-state index in [2.05, 4.69) is 18.8 Å². The van der Waals surface area contributed by atoms with Crippen LogP contribution in [0.5, 0.6) is 0 Å². The van der Waals surface area contributed by atoms with Gasteiger partial charge in [0.2, 0.25) is 5.91 Å². The van der Waals surface area contributed by atoms with E-state index in [1.54, 1.807) is 24.1 Å². The highest BCUT2D eigenvalue weighted by Gasteiger charge is 2.21. The number of nitriles is 1. The first-order valence-corrected chi connectivity index (χ1v) is 6.77. The van der Waals surface area contributed by atoms with Gasteiger partial charge >= 0.3 is 0 Å². The summed E-state index contributed by atoms with van der Waals surface area (Å²) in [6.07, 6.45) is 5.32. The SMILES string of the molecule is CCCC(CCC)C(=O)N(C)c1ccc(C#N)cn1. The molecular formula is C15H21N3O. The zero-order valence-corrected chi connectivity index (χ0v) is 11.9. The monoisotopic (exact) mass is 259 g/mol. The van der Waals surface area contributed by atoms with Crippen molar-refractivity contribution in [1.29, 1.82) is 5.26 Å². The Balaban J connectivity index is 2.81. The molecule has 0 atom stereocenters. The number of hydrogen-bond donors (Lipinski definition) is 0. The molecule has 1 amide bonds. The number of amides is 1. The minimum Gasteiger partial charge on any atom is -0.300 e. The van der Waals surface area contributed by atoms with Crippen LogP contribution in [0.3, 0.4) is 0 Å². The third kappa shape index (κ3) is 4.06. The van der Waals surface area contributed by atoms with E-state index in [1.807, 2.05) is 6.07 Å². The third-order valence-electron chi connectivity index (χ3n) is 3.17. The fourth-order valence-corrected chi connectivity index (χ4v) is 2.13. The summed E-state index contributed by atoms with van der Waals surface area (Å²) in [5.41, 5.74) is 0.503. The number of carbonyl (C=O) groups excluding carboxylic acids is 1. The van der Waals surface area contributed by atoms with Crippen molar-refractivity contribution in [3.05, 3.63) is 23.9 Å². The van der Waals surface area contributed by atoms with E-state index in [1.165, 1.54) is 6.20 Å². The van der Waals surface area contributed by atoms with Crippen LogP contribution in [0, 0.1) is 17.2 Å². The van der Waals surface area contributed by atoms with E-state index in [9.17, 15) is 4.79 Å². The summed E-state index contributed by atoms with van der Waals surface area (Å²) in [6, 6.07) is 5.41. The molecule has 0 fully saturated rings. The summed E-state index contributed by atoms with van der Waals surface area (Å²) in [5.74, 6) is 0.777. The molecule has 0 saturated carbocycles. The number of aromatic nitrogens is 1. The maximum Gasteiger partial charge on any atom is 0.230 e. The smallest absolute Gasteiger partial charge is 0.230 e. The quantitative estimate of drug-likeness (QED) is 0.788. The van der Waals surface area contributed by atoms with Crippen molar-refractivity contribution < 1.29 is 4.79 Å². The van der Waals surface area contributed by atoms with Gasteiger partial charge in [-0.05, 0) is 25.0 Å². The molecule has 0 aliphatic carbocycles. The van der Waals surface area contributed by atoms with Gasteiger partial charge in [-0.2, -0.15) is 5.26 Å². The molecule has 4 heteroatoms. The first-order chi connectivity index (χ1) is 9.13. The lowest BCUT2D eigenvalue weighted by Gasteiger charge is -2.22. The van der Waals surface area contributed by atoms with Crippen molar-refractivity contribution in [2.75, 3.05) is 11.9 Å². The van der Waals surface area contributed by atoms with Gasteiger partial charge in [0.25, 0.3) is 0 Å². The van der Waals surface area contributed by atoms with Crippen LogP contribution in [0.4, 0.5) is 5.82 Å². The summed E-state index contributed by atoms with van der Waals surface area (Å²) < 4.78 is 0. The summed E-state index contributed by atoms with van der Waals surface area (Å²) in [5, 5.41) is 8.73. The molecule has 0 aromatic carbocycles. The number of carbonyl (C=O) groups is 1. The fraction of sp³-hybridized carbons (Fsp3) is 0.533. The Morgan fingerprint density at radius 3 is 2.42 bits per heavy atom. The van der Waals surface area contributed by atoms with Crippen molar-refractivity contribution in [1.82, 2.24) is 4.98 Å². The number of rotatable bonds is 6. The van der Waals surface area contributed by atoms with E-state index < -0.39 is 0 Å². The number of anilines is 1. The summed E-state index contributed by atoms with van der Waals surface area (Å²) in [6.45, 7) is 4.19. The van der Waals surface area contributed by atoms with Crippen molar-refractivity contribution >= 4 is 11.7 Å². The van der Waals surface area contributed by atoms with Crippen molar-refractivity contribution in [2.45, 2.75) is 39.5 Å². The Hall–Kier alpha value is -1.89. The maximum absolute atomic E-state index is 12.4. The standard InChI is InChI=1S/C15H21N3O/c1-4-6-13(7-5-2)15(19)18(3)14-9-8-12(10-16)11-17-14/h8-9,11,13H,4-7H2,1-3H3. The van der Waals surface area contributed by atoms with Crippen LogP contribution in [-0.4, -0.2) is 17.9 Å². The van der Waals surface area contributed by atoms with E-state index in [-0.39, 0.29) is 11.8 Å². The molecule has 0 N–H and O–H groups in total. The van der Waals surface area contributed by atoms with Crippen LogP contribution >= 0.6 is 0 Å². The average molecular weight is 259 g/mol. The molecular weight excluding hydrogens is 238 g/mol. The zero-order chi connectivity index (χ0) is 14.3. The molecule has 0 spiro atoms. The maximum atomic E-state index is 12.4. The Morgan fingerprint density at radius 1 is 1.37 bits per heavy atom. The summed E-state index contributed by atoms with van der Waals surface area (Å²) in [4.78, 5) is 18.1. The van der Waals surface area contributed by atoms with Crippen molar-refractivity contribution in [3.63, 3.8) is 0 Å². The van der Waals surface area contributed by atoms with E-state index in [0.29, 0.717) is 11.4 Å². The molecule has 0 aliphatic rings. The molecule has 0 radical (unpaired) electrons. The Labute approximate surface area is 115 Å². The number of pyridine rings is 1. The second kappa shape index (κ2) is 7.52. The van der Waals surface area contributed by atoms with Gasteiger partial charge < -0.3 is 0 Å². The average Bonchev–Trinajstić information content (AvgIpc) is 2.45. The summed E-state index contributed by atoms with van der Waals surface area (Å²) in [7, 11) is 1.75. The van der Waals surface area contributed by atoms with Gasteiger partial charge in [0.15, 0.2) is 0 Å². The fourth-order valence-electron chi connectivity index (χ4n) is 2.13. The Bertz CT molecular complexity index is 441. The lowest BCUT2D eigenvalue weighted by molar-refractivity contribution is -0.122. The van der Waals surface area contributed by atoms with Gasteiger partial charge in [0.1, 0.15) is 11.9 Å². The normalized spacial score (nSPS) is 10.3. The van der Waals surface area contributed by atoms with Crippen LogP contribution < -0.4 is 4.90 Å².